The van der Waals surface area contributed by atoms with Gasteiger partial charge < -0.3 is 20.1 Å². The normalized spacial score (nSPS) is 11.6. The molecule has 31 heavy (non-hydrogen) atoms. The number of carbonyl (C=O) groups is 1. The topological polar surface area (TPSA) is 59.6 Å². The van der Waals surface area contributed by atoms with E-state index in [4.69, 9.17) is 12.2 Å². The van der Waals surface area contributed by atoms with Gasteiger partial charge in [0, 0.05) is 35.1 Å². The Bertz CT molecular complexity index is 911. The summed E-state index contributed by atoms with van der Waals surface area (Å²) in [5.74, 6) is -0.926. The van der Waals surface area contributed by atoms with Gasteiger partial charge in [-0.15, -0.1) is 0 Å². The van der Waals surface area contributed by atoms with Crippen LogP contribution in [-0.4, -0.2) is 36.5 Å². The van der Waals surface area contributed by atoms with Gasteiger partial charge in [0.2, 0.25) is 0 Å². The van der Waals surface area contributed by atoms with Crippen LogP contribution in [0.3, 0.4) is 0 Å². The molecule has 0 radical (unpaired) electrons. The molecule has 0 heterocycles. The molecule has 0 fully saturated rings. The summed E-state index contributed by atoms with van der Waals surface area (Å²) in [6.45, 7) is -1.91. The minimum atomic E-state index is -4.64. The van der Waals surface area contributed by atoms with E-state index in [2.05, 4.69) is 20.1 Å². The highest BCUT2D eigenvalue weighted by atomic mass is 32.1. The fraction of sp³-hybridized carbons (Fsp3) is 0.263. The number of benzene rings is 2. The SMILES string of the molecule is CC(=O)c1cccc(NC(=S)Nc2cc(OCC(F)(F)F)cc(OCC(F)(F)F)c2)c1. The standard InChI is InChI=1S/C19H16F6N2O3S/c1-11(28)12-3-2-4-13(5-12)26-17(31)27-14-6-15(29-9-18(20,21)22)8-16(7-14)30-10-19(23,24)25/h2-8H,9-10H2,1H3,(H2,26,27,31). The van der Waals surface area contributed by atoms with E-state index in [1.165, 1.54) is 13.0 Å². The van der Waals surface area contributed by atoms with E-state index in [1.807, 2.05) is 0 Å². The number of hydrogen-bond donors (Lipinski definition) is 2. The summed E-state index contributed by atoms with van der Waals surface area (Å²) in [5, 5.41) is 5.36. The van der Waals surface area contributed by atoms with Gasteiger partial charge in [0.1, 0.15) is 11.5 Å². The van der Waals surface area contributed by atoms with Crippen LogP contribution in [0.5, 0.6) is 11.5 Å². The highest BCUT2D eigenvalue weighted by molar-refractivity contribution is 7.80. The number of halogens is 6. The highest BCUT2D eigenvalue weighted by Gasteiger charge is 2.30. The number of Topliss-reactive ketones (excluding diaryl/α,β-unsaturated/α-hetero) is 1. The van der Waals surface area contributed by atoms with Crippen LogP contribution < -0.4 is 20.1 Å². The molecule has 0 bridgehead atoms. The quantitative estimate of drug-likeness (QED) is 0.316. The number of anilines is 2. The molecule has 2 rings (SSSR count). The Labute approximate surface area is 178 Å². The Morgan fingerprint density at radius 2 is 1.39 bits per heavy atom. The summed E-state index contributed by atoms with van der Waals surface area (Å²) in [4.78, 5) is 11.4. The van der Waals surface area contributed by atoms with Crippen molar-refractivity contribution in [3.8, 4) is 11.5 Å². The van der Waals surface area contributed by atoms with Gasteiger partial charge >= 0.3 is 12.4 Å². The molecule has 0 aliphatic carbocycles. The lowest BCUT2D eigenvalue weighted by Gasteiger charge is -2.16. The van der Waals surface area contributed by atoms with E-state index in [0.29, 0.717) is 11.3 Å². The van der Waals surface area contributed by atoms with Crippen LogP contribution >= 0.6 is 12.2 Å². The smallest absolute Gasteiger partial charge is 0.422 e. The summed E-state index contributed by atoms with van der Waals surface area (Å²) >= 11 is 5.11. The van der Waals surface area contributed by atoms with Crippen LogP contribution in [0.4, 0.5) is 37.7 Å². The predicted octanol–water partition coefficient (Wildman–Crippen LogP) is 5.58. The Kier molecular flexibility index (Phi) is 7.71. The zero-order chi connectivity index (χ0) is 23.2. The van der Waals surface area contributed by atoms with Crippen molar-refractivity contribution < 1.29 is 40.6 Å². The second kappa shape index (κ2) is 9.86. The van der Waals surface area contributed by atoms with Crippen molar-refractivity contribution in [1.82, 2.24) is 0 Å². The third-order valence-corrected chi connectivity index (χ3v) is 3.67. The van der Waals surface area contributed by atoms with Crippen LogP contribution in [0.25, 0.3) is 0 Å². The molecule has 0 amide bonds. The Morgan fingerprint density at radius 3 is 1.87 bits per heavy atom. The van der Waals surface area contributed by atoms with Crippen LogP contribution in [-0.2, 0) is 0 Å². The van der Waals surface area contributed by atoms with Crippen LogP contribution in [0, 0.1) is 0 Å². The van der Waals surface area contributed by atoms with Gasteiger partial charge in [-0.25, -0.2) is 0 Å². The lowest BCUT2D eigenvalue weighted by molar-refractivity contribution is -0.153. The lowest BCUT2D eigenvalue weighted by atomic mass is 10.1. The van der Waals surface area contributed by atoms with E-state index in [0.717, 1.165) is 18.2 Å². The number of hydrogen-bond acceptors (Lipinski definition) is 4. The third kappa shape index (κ3) is 9.11. The molecule has 0 aliphatic heterocycles. The maximum Gasteiger partial charge on any atom is 0.422 e. The molecule has 0 atom stereocenters. The molecule has 0 unspecified atom stereocenters. The van der Waals surface area contributed by atoms with Gasteiger partial charge in [0.25, 0.3) is 0 Å². The number of alkyl halides is 6. The maximum atomic E-state index is 12.4. The van der Waals surface area contributed by atoms with Gasteiger partial charge in [0.05, 0.1) is 0 Å². The molecule has 12 heteroatoms. The van der Waals surface area contributed by atoms with Gasteiger partial charge in [-0.1, -0.05) is 12.1 Å². The molecular formula is C19H16F6N2O3S. The summed E-state index contributed by atoms with van der Waals surface area (Å²) in [6, 6.07) is 9.47. The van der Waals surface area contributed by atoms with Crippen molar-refractivity contribution >= 4 is 34.5 Å². The first-order valence-corrected chi connectivity index (χ1v) is 8.95. The minimum absolute atomic E-state index is 0.0251. The minimum Gasteiger partial charge on any atom is -0.484 e. The Hall–Kier alpha value is -3.02. The predicted molar refractivity (Wildman–Crippen MR) is 106 cm³/mol. The monoisotopic (exact) mass is 466 g/mol. The number of ketones is 1. The zero-order valence-electron chi connectivity index (χ0n) is 15.9. The van der Waals surface area contributed by atoms with Gasteiger partial charge in [-0.2, -0.15) is 26.3 Å². The molecule has 0 saturated carbocycles. The second-order valence-corrected chi connectivity index (χ2v) is 6.63. The van der Waals surface area contributed by atoms with E-state index in [-0.39, 0.29) is 28.1 Å². The van der Waals surface area contributed by atoms with E-state index in [1.54, 1.807) is 18.2 Å². The maximum absolute atomic E-state index is 12.4. The van der Waals surface area contributed by atoms with Crippen molar-refractivity contribution in [2.75, 3.05) is 23.8 Å². The number of ether oxygens (including phenoxy) is 2. The number of thiocarbonyl (C=S) groups is 1. The largest absolute Gasteiger partial charge is 0.484 e. The fourth-order valence-electron chi connectivity index (χ4n) is 2.25. The number of rotatable bonds is 7. The van der Waals surface area contributed by atoms with Crippen molar-refractivity contribution in [2.45, 2.75) is 19.3 Å². The molecule has 0 aromatic heterocycles. The summed E-state index contributed by atoms with van der Waals surface area (Å²) < 4.78 is 83.7. The molecule has 0 spiro atoms. The molecule has 168 valence electrons. The molecule has 5 nitrogen and oxygen atoms in total. The fourth-order valence-corrected chi connectivity index (χ4v) is 2.49. The van der Waals surface area contributed by atoms with Gasteiger partial charge in [-0.3, -0.25) is 4.79 Å². The van der Waals surface area contributed by atoms with Gasteiger partial charge in [0.15, 0.2) is 24.1 Å². The van der Waals surface area contributed by atoms with Crippen LogP contribution in [0.15, 0.2) is 42.5 Å². The Balaban J connectivity index is 2.17. The molecular weight excluding hydrogens is 450 g/mol. The van der Waals surface area contributed by atoms with Crippen molar-refractivity contribution in [3.05, 3.63) is 48.0 Å². The molecule has 0 aliphatic rings. The van der Waals surface area contributed by atoms with E-state index in [9.17, 15) is 31.1 Å². The number of nitrogens with one attached hydrogen (secondary N) is 2. The average Bonchev–Trinajstić information content (AvgIpc) is 2.63. The Morgan fingerprint density at radius 1 is 0.871 bits per heavy atom. The van der Waals surface area contributed by atoms with Crippen molar-refractivity contribution in [2.24, 2.45) is 0 Å². The summed E-state index contributed by atoms with van der Waals surface area (Å²) in [6.07, 6.45) is -9.29. The first-order valence-electron chi connectivity index (χ1n) is 8.54. The second-order valence-electron chi connectivity index (χ2n) is 6.22. The van der Waals surface area contributed by atoms with E-state index < -0.39 is 25.6 Å². The third-order valence-electron chi connectivity index (χ3n) is 3.47. The first-order chi connectivity index (χ1) is 14.3. The van der Waals surface area contributed by atoms with Crippen LogP contribution in [0.2, 0.25) is 0 Å². The van der Waals surface area contributed by atoms with Gasteiger partial charge in [-0.05, 0) is 31.3 Å². The van der Waals surface area contributed by atoms with Crippen molar-refractivity contribution in [1.29, 1.82) is 0 Å². The summed E-state index contributed by atoms with van der Waals surface area (Å²) in [5.41, 5.74) is 0.887. The summed E-state index contributed by atoms with van der Waals surface area (Å²) in [7, 11) is 0. The molecule has 2 N–H and O–H groups in total. The van der Waals surface area contributed by atoms with E-state index >= 15 is 0 Å². The zero-order valence-corrected chi connectivity index (χ0v) is 16.7. The van der Waals surface area contributed by atoms with Crippen molar-refractivity contribution in [3.63, 3.8) is 0 Å². The lowest BCUT2D eigenvalue weighted by Crippen LogP contribution is -2.21. The molecule has 2 aromatic rings. The highest BCUT2D eigenvalue weighted by Crippen LogP contribution is 2.29. The average molecular weight is 466 g/mol. The first kappa shape index (κ1) is 24.3. The molecule has 0 saturated heterocycles. The number of carbonyl (C=O) groups excluding carboxylic acids is 1. The van der Waals surface area contributed by atoms with Crippen LogP contribution in [0.1, 0.15) is 17.3 Å². The molecule has 2 aromatic carbocycles.